The van der Waals surface area contributed by atoms with Crippen molar-refractivity contribution < 1.29 is 12.9 Å². The highest BCUT2D eigenvalue weighted by Gasteiger charge is 2.43. The number of nitrogens with zero attached hydrogens (tertiary/aromatic N) is 2. The Balaban J connectivity index is 1.96. The van der Waals surface area contributed by atoms with E-state index in [0.29, 0.717) is 28.8 Å². The molecule has 1 aliphatic carbocycles. The lowest BCUT2D eigenvalue weighted by Crippen LogP contribution is -2.44. The van der Waals surface area contributed by atoms with Gasteiger partial charge < -0.3 is 4.52 Å². The summed E-state index contributed by atoms with van der Waals surface area (Å²) in [6, 6.07) is 3.44. The summed E-state index contributed by atoms with van der Waals surface area (Å²) < 4.78 is 33.4. The second-order valence-electron chi connectivity index (χ2n) is 5.40. The van der Waals surface area contributed by atoms with Gasteiger partial charge >= 0.3 is 0 Å². The summed E-state index contributed by atoms with van der Waals surface area (Å²) in [5, 5.41) is 3.94. The molecule has 3 rings (SSSR count). The lowest BCUT2D eigenvalue weighted by Gasteiger charge is -2.25. The lowest BCUT2D eigenvalue weighted by atomic mass is 9.99. The molecule has 21 heavy (non-hydrogen) atoms. The Kier molecular flexibility index (Phi) is 3.62. The number of nitrogens with one attached hydrogen (secondary N) is 1. The Morgan fingerprint density at radius 3 is 2.52 bits per heavy atom. The van der Waals surface area contributed by atoms with Gasteiger partial charge in [0, 0.05) is 11.8 Å². The predicted octanol–water partition coefficient (Wildman–Crippen LogP) is 2.50. The fourth-order valence-electron chi connectivity index (χ4n) is 2.71. The van der Waals surface area contributed by atoms with E-state index in [4.69, 9.17) is 4.52 Å². The van der Waals surface area contributed by atoms with Crippen LogP contribution in [0.1, 0.15) is 42.3 Å². The van der Waals surface area contributed by atoms with Crippen molar-refractivity contribution >= 4 is 21.4 Å². The molecular formula is C13H17N3O3S2. The zero-order chi connectivity index (χ0) is 15.1. The summed E-state index contributed by atoms with van der Waals surface area (Å²) in [7, 11) is -3.57. The van der Waals surface area contributed by atoms with Crippen LogP contribution in [0.15, 0.2) is 20.9 Å². The standard InChI is InChI=1S/C13H17N3O3S2/c1-9-5-6-11(20-9)21(17,18)16-13(7-3-4-8-13)12-14-10(2)19-15-12/h5-6,16H,3-4,7-8H2,1-2H3. The van der Waals surface area contributed by atoms with Crippen molar-refractivity contribution in [2.75, 3.05) is 0 Å². The first-order valence-electron chi connectivity index (χ1n) is 6.83. The summed E-state index contributed by atoms with van der Waals surface area (Å²) in [6.07, 6.45) is 3.27. The van der Waals surface area contributed by atoms with Gasteiger partial charge in [-0.3, -0.25) is 0 Å². The van der Waals surface area contributed by atoms with Crippen LogP contribution in [-0.2, 0) is 15.6 Å². The van der Waals surface area contributed by atoms with Crippen LogP contribution in [0.5, 0.6) is 0 Å². The number of aryl methyl sites for hydroxylation is 2. The summed E-state index contributed by atoms with van der Waals surface area (Å²) >= 11 is 1.26. The Labute approximate surface area is 127 Å². The fourth-order valence-corrected chi connectivity index (χ4v) is 5.41. The van der Waals surface area contributed by atoms with Crippen molar-refractivity contribution in [1.29, 1.82) is 0 Å². The second kappa shape index (κ2) is 5.19. The van der Waals surface area contributed by atoms with E-state index in [9.17, 15) is 8.42 Å². The molecule has 1 aliphatic rings. The first-order chi connectivity index (χ1) is 9.91. The molecule has 2 aromatic rings. The molecule has 114 valence electrons. The van der Waals surface area contributed by atoms with Crippen molar-refractivity contribution in [3.05, 3.63) is 28.7 Å². The third-order valence-electron chi connectivity index (χ3n) is 3.72. The quantitative estimate of drug-likeness (QED) is 0.932. The van der Waals surface area contributed by atoms with E-state index in [1.807, 2.05) is 6.92 Å². The molecule has 1 fully saturated rings. The second-order valence-corrected chi connectivity index (χ2v) is 8.59. The van der Waals surface area contributed by atoms with Gasteiger partial charge in [-0.15, -0.1) is 11.3 Å². The number of aromatic nitrogens is 2. The van der Waals surface area contributed by atoms with Gasteiger partial charge in [0.2, 0.25) is 5.89 Å². The average molecular weight is 327 g/mol. The van der Waals surface area contributed by atoms with E-state index in [0.717, 1.165) is 17.7 Å². The first kappa shape index (κ1) is 14.7. The monoisotopic (exact) mass is 327 g/mol. The Hall–Kier alpha value is -1.25. The normalized spacial score (nSPS) is 18.2. The van der Waals surface area contributed by atoms with Crippen LogP contribution in [0.4, 0.5) is 0 Å². The maximum Gasteiger partial charge on any atom is 0.250 e. The fraction of sp³-hybridized carbons (Fsp3) is 0.538. The van der Waals surface area contributed by atoms with Gasteiger partial charge in [0.15, 0.2) is 5.82 Å². The third-order valence-corrected chi connectivity index (χ3v) is 6.75. The van der Waals surface area contributed by atoms with Crippen molar-refractivity contribution in [3.63, 3.8) is 0 Å². The van der Waals surface area contributed by atoms with E-state index in [1.165, 1.54) is 11.3 Å². The summed E-state index contributed by atoms with van der Waals surface area (Å²) in [5.74, 6) is 0.886. The first-order valence-corrected chi connectivity index (χ1v) is 9.12. The maximum atomic E-state index is 12.6. The van der Waals surface area contributed by atoms with Gasteiger partial charge in [-0.25, -0.2) is 8.42 Å². The van der Waals surface area contributed by atoms with Crippen LogP contribution < -0.4 is 4.72 Å². The SMILES string of the molecule is Cc1nc(C2(NS(=O)(=O)c3ccc(C)s3)CCCC2)no1. The zero-order valence-electron chi connectivity index (χ0n) is 11.9. The molecule has 0 bridgehead atoms. The average Bonchev–Trinajstić information content (AvgIpc) is 3.10. The van der Waals surface area contributed by atoms with Crippen LogP contribution in [0.3, 0.4) is 0 Å². The van der Waals surface area contributed by atoms with Crippen LogP contribution in [0.25, 0.3) is 0 Å². The third kappa shape index (κ3) is 2.75. The van der Waals surface area contributed by atoms with Crippen LogP contribution in [-0.4, -0.2) is 18.6 Å². The van der Waals surface area contributed by atoms with Crippen molar-refractivity contribution in [3.8, 4) is 0 Å². The Morgan fingerprint density at radius 1 is 1.29 bits per heavy atom. The Morgan fingerprint density at radius 2 is 2.00 bits per heavy atom. The minimum absolute atomic E-state index is 0.325. The molecule has 0 aliphatic heterocycles. The molecular weight excluding hydrogens is 310 g/mol. The lowest BCUT2D eigenvalue weighted by molar-refractivity contribution is 0.338. The van der Waals surface area contributed by atoms with Gasteiger partial charge in [0.1, 0.15) is 4.21 Å². The van der Waals surface area contributed by atoms with Crippen molar-refractivity contribution in [2.45, 2.75) is 49.3 Å². The number of sulfonamides is 1. The molecule has 1 N–H and O–H groups in total. The van der Waals surface area contributed by atoms with Gasteiger partial charge in [-0.1, -0.05) is 18.0 Å². The van der Waals surface area contributed by atoms with E-state index < -0.39 is 15.6 Å². The van der Waals surface area contributed by atoms with Crippen LogP contribution >= 0.6 is 11.3 Å². The minimum atomic E-state index is -3.57. The van der Waals surface area contributed by atoms with Gasteiger partial charge in [-0.2, -0.15) is 9.71 Å². The molecule has 2 heterocycles. The van der Waals surface area contributed by atoms with Crippen molar-refractivity contribution in [1.82, 2.24) is 14.9 Å². The molecule has 0 radical (unpaired) electrons. The van der Waals surface area contributed by atoms with E-state index in [2.05, 4.69) is 14.9 Å². The van der Waals surface area contributed by atoms with E-state index in [-0.39, 0.29) is 0 Å². The smallest absolute Gasteiger partial charge is 0.250 e. The minimum Gasteiger partial charge on any atom is -0.340 e. The molecule has 0 aromatic carbocycles. The summed E-state index contributed by atoms with van der Waals surface area (Å²) in [4.78, 5) is 5.21. The van der Waals surface area contributed by atoms with Crippen LogP contribution in [0.2, 0.25) is 0 Å². The topological polar surface area (TPSA) is 85.1 Å². The molecule has 0 spiro atoms. The maximum absolute atomic E-state index is 12.6. The number of thiophene rings is 1. The zero-order valence-corrected chi connectivity index (χ0v) is 13.6. The molecule has 0 saturated heterocycles. The molecule has 2 aromatic heterocycles. The molecule has 0 amide bonds. The summed E-state index contributed by atoms with van der Waals surface area (Å²) in [6.45, 7) is 3.59. The highest BCUT2D eigenvalue weighted by atomic mass is 32.2. The molecule has 6 nitrogen and oxygen atoms in total. The molecule has 0 unspecified atom stereocenters. The largest absolute Gasteiger partial charge is 0.340 e. The van der Waals surface area contributed by atoms with Crippen molar-refractivity contribution in [2.24, 2.45) is 0 Å². The van der Waals surface area contributed by atoms with Gasteiger partial charge in [0.05, 0.1) is 5.54 Å². The summed E-state index contributed by atoms with van der Waals surface area (Å²) in [5.41, 5.74) is -0.742. The number of hydrogen-bond acceptors (Lipinski definition) is 6. The highest BCUT2D eigenvalue weighted by Crippen LogP contribution is 2.39. The highest BCUT2D eigenvalue weighted by molar-refractivity contribution is 7.91. The number of hydrogen-bond donors (Lipinski definition) is 1. The predicted molar refractivity (Wildman–Crippen MR) is 78.6 cm³/mol. The number of rotatable bonds is 4. The molecule has 8 heteroatoms. The van der Waals surface area contributed by atoms with Crippen LogP contribution in [0, 0.1) is 13.8 Å². The molecule has 0 atom stereocenters. The van der Waals surface area contributed by atoms with Gasteiger partial charge in [-0.05, 0) is 31.9 Å². The molecule has 1 saturated carbocycles. The Bertz CT molecular complexity index is 742. The van der Waals surface area contributed by atoms with Gasteiger partial charge in [0.25, 0.3) is 10.0 Å². The van der Waals surface area contributed by atoms with E-state index >= 15 is 0 Å². The van der Waals surface area contributed by atoms with E-state index in [1.54, 1.807) is 19.1 Å².